The molecule has 2 aromatic carbocycles. The van der Waals surface area contributed by atoms with Crippen LogP contribution in [0.2, 0.25) is 0 Å². The van der Waals surface area contributed by atoms with Gasteiger partial charge < -0.3 is 4.90 Å². The predicted molar refractivity (Wildman–Crippen MR) is 103 cm³/mol. The van der Waals surface area contributed by atoms with E-state index in [0.29, 0.717) is 6.42 Å². The highest BCUT2D eigenvalue weighted by Crippen LogP contribution is 2.23. The number of Topliss-reactive ketones (excluding diaryl/α,β-unsaturated/α-hetero) is 1. The quantitative estimate of drug-likeness (QED) is 0.293. The van der Waals surface area contributed by atoms with Crippen molar-refractivity contribution in [2.45, 2.75) is 38.5 Å². The van der Waals surface area contributed by atoms with Crippen LogP contribution in [0.1, 0.15) is 37.7 Å². The van der Waals surface area contributed by atoms with Gasteiger partial charge in [-0.15, -0.1) is 0 Å². The van der Waals surface area contributed by atoms with Gasteiger partial charge in [-0.3, -0.25) is 14.8 Å². The summed E-state index contributed by atoms with van der Waals surface area (Å²) in [6.45, 7) is 0. The van der Waals surface area contributed by atoms with Crippen molar-refractivity contribution in [3.05, 3.63) is 60.2 Å². The summed E-state index contributed by atoms with van der Waals surface area (Å²) in [6.07, 6.45) is 4.83. The van der Waals surface area contributed by atoms with Crippen LogP contribution in [0.3, 0.4) is 0 Å². The highest BCUT2D eigenvalue weighted by Gasteiger charge is 2.11. The number of benzene rings is 2. The van der Waals surface area contributed by atoms with E-state index in [1.807, 2.05) is 18.2 Å². The van der Waals surface area contributed by atoms with E-state index in [2.05, 4.69) is 48.3 Å². The Hall–Kier alpha value is -2.66. The molecule has 0 fully saturated rings. The van der Waals surface area contributed by atoms with E-state index in [9.17, 15) is 9.59 Å². The van der Waals surface area contributed by atoms with Gasteiger partial charge in [0.05, 0.1) is 0 Å². The Morgan fingerprint density at radius 2 is 1.50 bits per heavy atom. The lowest BCUT2D eigenvalue weighted by molar-refractivity contribution is -0.143. The van der Waals surface area contributed by atoms with Crippen LogP contribution in [0.5, 0.6) is 0 Å². The molecule has 0 aliphatic rings. The molecular formula is C21H26N2O3. The lowest BCUT2D eigenvalue weighted by atomic mass is 10.0. The molecular weight excluding hydrogens is 328 g/mol. The zero-order valence-corrected chi connectivity index (χ0v) is 15.1. The van der Waals surface area contributed by atoms with Crippen LogP contribution < -0.4 is 10.4 Å². The Bertz CT molecular complexity index is 699. The maximum Gasteiger partial charge on any atom is 0.310 e. The summed E-state index contributed by atoms with van der Waals surface area (Å²) in [6, 6.07) is 18.8. The van der Waals surface area contributed by atoms with Crippen molar-refractivity contribution < 1.29 is 14.8 Å². The Balaban J connectivity index is 1.69. The first-order valence-electron chi connectivity index (χ1n) is 8.97. The number of unbranched alkanes of at least 4 members (excludes halogenated alkanes) is 3. The van der Waals surface area contributed by atoms with E-state index >= 15 is 0 Å². The Morgan fingerprint density at radius 3 is 2.15 bits per heavy atom. The second-order valence-electron chi connectivity index (χ2n) is 6.34. The minimum absolute atomic E-state index is 0.187. The van der Waals surface area contributed by atoms with Crippen molar-refractivity contribution in [3.8, 4) is 0 Å². The van der Waals surface area contributed by atoms with Gasteiger partial charge in [-0.25, -0.2) is 5.48 Å². The van der Waals surface area contributed by atoms with Crippen LogP contribution in [-0.4, -0.2) is 23.9 Å². The monoisotopic (exact) mass is 354 g/mol. The molecule has 0 aromatic heterocycles. The summed E-state index contributed by atoms with van der Waals surface area (Å²) in [7, 11) is 2.06. The first-order valence-corrected chi connectivity index (χ1v) is 8.97. The molecule has 0 atom stereocenters. The van der Waals surface area contributed by atoms with E-state index in [-0.39, 0.29) is 6.42 Å². The number of para-hydroxylation sites is 1. The SMILES string of the molecule is CN(c1ccccc1)c1ccc(CCCCCCC(=O)C(=O)NO)cc1. The number of anilines is 2. The summed E-state index contributed by atoms with van der Waals surface area (Å²) in [4.78, 5) is 24.3. The largest absolute Gasteiger partial charge is 0.345 e. The predicted octanol–water partition coefficient (Wildman–Crippen LogP) is 4.02. The van der Waals surface area contributed by atoms with Gasteiger partial charge in [0.1, 0.15) is 0 Å². The molecule has 0 heterocycles. The fourth-order valence-corrected chi connectivity index (χ4v) is 2.83. The number of nitrogens with zero attached hydrogens (tertiary/aromatic N) is 1. The van der Waals surface area contributed by atoms with Crippen LogP contribution in [0, 0.1) is 0 Å². The topological polar surface area (TPSA) is 69.6 Å². The van der Waals surface area contributed by atoms with Crippen LogP contribution in [0.4, 0.5) is 11.4 Å². The van der Waals surface area contributed by atoms with Gasteiger partial charge in [0.25, 0.3) is 0 Å². The molecule has 2 aromatic rings. The third kappa shape index (κ3) is 6.01. The van der Waals surface area contributed by atoms with Crippen molar-refractivity contribution >= 4 is 23.1 Å². The second-order valence-corrected chi connectivity index (χ2v) is 6.34. The smallest absolute Gasteiger partial charge is 0.310 e. The molecule has 0 bridgehead atoms. The standard InChI is InChI=1S/C21H26N2O3/c1-23(18-10-6-4-7-11-18)19-15-13-17(14-16-19)9-5-2-3-8-12-20(24)21(25)22-26/h4,6-7,10-11,13-16,26H,2-3,5,8-9,12H2,1H3,(H,22,25). The van der Waals surface area contributed by atoms with E-state index in [1.165, 1.54) is 11.0 Å². The number of ketones is 1. The first kappa shape index (κ1) is 19.7. The normalized spacial score (nSPS) is 10.4. The molecule has 0 saturated heterocycles. The molecule has 0 spiro atoms. The van der Waals surface area contributed by atoms with Crippen LogP contribution in [0.15, 0.2) is 54.6 Å². The lowest BCUT2D eigenvalue weighted by Gasteiger charge is -2.19. The summed E-state index contributed by atoms with van der Waals surface area (Å²) in [5.74, 6) is -1.49. The third-order valence-electron chi connectivity index (χ3n) is 4.44. The molecule has 2 rings (SSSR count). The highest BCUT2D eigenvalue weighted by atomic mass is 16.5. The van der Waals surface area contributed by atoms with E-state index in [1.54, 1.807) is 0 Å². The molecule has 2 N–H and O–H groups in total. The van der Waals surface area contributed by atoms with Crippen LogP contribution in [-0.2, 0) is 16.0 Å². The summed E-state index contributed by atoms with van der Waals surface area (Å²) in [5.41, 5.74) is 4.98. The van der Waals surface area contributed by atoms with Gasteiger partial charge in [-0.2, -0.15) is 0 Å². The molecule has 1 amide bonds. The van der Waals surface area contributed by atoms with Crippen LogP contribution >= 0.6 is 0 Å². The Labute approximate surface area is 154 Å². The number of rotatable bonds is 10. The Kier molecular flexibility index (Phi) is 7.83. The number of carbonyl (C=O) groups excluding carboxylic acids is 2. The van der Waals surface area contributed by atoms with Crippen molar-refractivity contribution in [2.24, 2.45) is 0 Å². The summed E-state index contributed by atoms with van der Waals surface area (Å²) < 4.78 is 0. The molecule has 5 nitrogen and oxygen atoms in total. The molecule has 138 valence electrons. The number of hydroxylamine groups is 1. The molecule has 0 saturated carbocycles. The fourth-order valence-electron chi connectivity index (χ4n) is 2.83. The van der Waals surface area contributed by atoms with E-state index in [4.69, 9.17) is 5.21 Å². The van der Waals surface area contributed by atoms with Gasteiger partial charge in [0.2, 0.25) is 5.78 Å². The number of carbonyl (C=O) groups is 2. The average Bonchev–Trinajstić information content (AvgIpc) is 2.70. The number of hydrogen-bond donors (Lipinski definition) is 2. The fraction of sp³-hybridized carbons (Fsp3) is 0.333. The van der Waals surface area contributed by atoms with E-state index in [0.717, 1.165) is 37.1 Å². The number of aryl methyl sites for hydroxylation is 1. The van der Waals surface area contributed by atoms with Gasteiger partial charge in [0.15, 0.2) is 0 Å². The molecule has 5 heteroatoms. The zero-order chi connectivity index (χ0) is 18.8. The van der Waals surface area contributed by atoms with Gasteiger partial charge >= 0.3 is 5.91 Å². The maximum absolute atomic E-state index is 11.2. The zero-order valence-electron chi connectivity index (χ0n) is 15.1. The van der Waals surface area contributed by atoms with Gasteiger partial charge in [-0.05, 0) is 49.1 Å². The van der Waals surface area contributed by atoms with Crippen molar-refractivity contribution in [2.75, 3.05) is 11.9 Å². The lowest BCUT2D eigenvalue weighted by Crippen LogP contribution is -2.27. The van der Waals surface area contributed by atoms with Crippen molar-refractivity contribution in [1.29, 1.82) is 0 Å². The first-order chi connectivity index (χ1) is 12.6. The third-order valence-corrected chi connectivity index (χ3v) is 4.44. The summed E-state index contributed by atoms with van der Waals surface area (Å²) >= 11 is 0. The van der Waals surface area contributed by atoms with Gasteiger partial charge in [0, 0.05) is 24.8 Å². The minimum atomic E-state index is -0.925. The van der Waals surface area contributed by atoms with Crippen molar-refractivity contribution in [1.82, 2.24) is 5.48 Å². The van der Waals surface area contributed by atoms with E-state index < -0.39 is 11.7 Å². The van der Waals surface area contributed by atoms with Crippen molar-refractivity contribution in [3.63, 3.8) is 0 Å². The Morgan fingerprint density at radius 1 is 0.885 bits per heavy atom. The maximum atomic E-state index is 11.2. The molecule has 0 aliphatic heterocycles. The molecule has 26 heavy (non-hydrogen) atoms. The average molecular weight is 354 g/mol. The number of hydrogen-bond acceptors (Lipinski definition) is 4. The molecule has 0 aliphatic carbocycles. The molecule has 0 unspecified atom stereocenters. The van der Waals surface area contributed by atoms with Crippen LogP contribution in [0.25, 0.3) is 0 Å². The minimum Gasteiger partial charge on any atom is -0.345 e. The van der Waals surface area contributed by atoms with Gasteiger partial charge in [-0.1, -0.05) is 43.2 Å². The second kappa shape index (κ2) is 10.4. The molecule has 0 radical (unpaired) electrons. The highest BCUT2D eigenvalue weighted by molar-refractivity contribution is 6.35. The number of amides is 1. The summed E-state index contributed by atoms with van der Waals surface area (Å²) in [5, 5.41) is 8.37. The number of nitrogens with one attached hydrogen (secondary N) is 1.